The van der Waals surface area contributed by atoms with Crippen LogP contribution >= 0.6 is 0 Å². The maximum absolute atomic E-state index is 6.37. The van der Waals surface area contributed by atoms with E-state index in [0.717, 1.165) is 43.0 Å². The number of fused-ring (bicyclic) bond motifs is 4. The highest BCUT2D eigenvalue weighted by Crippen LogP contribution is 2.63. The number of nitrogens with zero attached hydrogens (tertiary/aromatic N) is 3. The first-order valence-electron chi connectivity index (χ1n) is 14.7. The lowest BCUT2D eigenvalue weighted by molar-refractivity contribution is -0.0872. The van der Waals surface area contributed by atoms with E-state index in [1.54, 1.807) is 0 Å². The molecule has 7 aliphatic rings. The van der Waals surface area contributed by atoms with Crippen LogP contribution in [-0.2, 0) is 4.74 Å². The molecule has 0 spiro atoms. The Kier molecular flexibility index (Phi) is 5.46. The van der Waals surface area contributed by atoms with Gasteiger partial charge in [0.1, 0.15) is 0 Å². The van der Waals surface area contributed by atoms with Gasteiger partial charge < -0.3 is 4.74 Å². The topological polar surface area (TPSA) is 19.0 Å². The molecule has 4 aliphatic heterocycles. The number of hydrogen-bond acceptors (Lipinski definition) is 4. The normalized spacial score (nSPS) is 45.7. The van der Waals surface area contributed by atoms with Gasteiger partial charge in [-0.1, -0.05) is 0 Å². The van der Waals surface area contributed by atoms with E-state index in [-0.39, 0.29) is 5.54 Å². The summed E-state index contributed by atoms with van der Waals surface area (Å²) in [6, 6.07) is 2.32. The summed E-state index contributed by atoms with van der Waals surface area (Å²) in [7, 11) is 0. The second-order valence-electron chi connectivity index (χ2n) is 16.1. The number of rotatable bonds is 4. The zero-order chi connectivity index (χ0) is 24.3. The lowest BCUT2D eigenvalue weighted by atomic mass is 9.61. The average molecular weight is 472 g/mol. The zero-order valence-electron chi connectivity index (χ0n) is 23.6. The van der Waals surface area contributed by atoms with Gasteiger partial charge in [0.05, 0.1) is 12.7 Å². The lowest BCUT2D eigenvalue weighted by Gasteiger charge is -2.47. The summed E-state index contributed by atoms with van der Waals surface area (Å²) in [6.45, 7) is 24.4. The van der Waals surface area contributed by atoms with Gasteiger partial charge in [0.2, 0.25) is 0 Å². The highest BCUT2D eigenvalue weighted by atomic mass is 16.5. The van der Waals surface area contributed by atoms with E-state index in [9.17, 15) is 0 Å². The Bertz CT molecular complexity index is 788. The summed E-state index contributed by atoms with van der Waals surface area (Å²) in [4.78, 5) is 8.63. The molecule has 0 amide bonds. The van der Waals surface area contributed by atoms with Crippen LogP contribution in [0.15, 0.2) is 0 Å². The summed E-state index contributed by atoms with van der Waals surface area (Å²) in [5.41, 5.74) is 1.50. The van der Waals surface area contributed by atoms with E-state index < -0.39 is 0 Å². The minimum Gasteiger partial charge on any atom is -0.375 e. The largest absolute Gasteiger partial charge is 0.375 e. The first kappa shape index (κ1) is 24.2. The SMILES string of the molecule is CC(C)(C)N1CC2CC(CC(C)(C)N3CC4(C5CC6OCCN(C(C)(C)C)C6C5)CC3C4)C1C2. The van der Waals surface area contributed by atoms with Crippen LogP contribution in [0.3, 0.4) is 0 Å². The fourth-order valence-corrected chi connectivity index (χ4v) is 10.1. The van der Waals surface area contributed by atoms with Crippen LogP contribution < -0.4 is 0 Å². The van der Waals surface area contributed by atoms with Gasteiger partial charge in [-0.25, -0.2) is 0 Å². The molecule has 4 heterocycles. The van der Waals surface area contributed by atoms with Gasteiger partial charge in [0.15, 0.2) is 0 Å². The molecule has 3 saturated carbocycles. The third-order valence-corrected chi connectivity index (χ3v) is 11.5. The molecule has 4 nitrogen and oxygen atoms in total. The average Bonchev–Trinajstić information content (AvgIpc) is 3.46. The van der Waals surface area contributed by atoms with Gasteiger partial charge in [-0.15, -0.1) is 0 Å². The standard InChI is InChI=1S/C30H53N3O/c1-27(2,3)31-9-10-34-26-14-22(13-25(26)31)30-16-23(17-30)33(19-30)29(7,8)15-21-11-20-12-24(21)32(18-20)28(4,5)6/h20-26H,9-19H2,1-8H3. The minimum atomic E-state index is 0.257. The van der Waals surface area contributed by atoms with Crippen LogP contribution in [0.25, 0.3) is 0 Å². The number of ether oxygens (including phenoxy) is 1. The number of morpholine rings is 1. The molecule has 194 valence electrons. The number of hydrogen-bond donors (Lipinski definition) is 0. The van der Waals surface area contributed by atoms with E-state index in [1.807, 2.05) is 0 Å². The van der Waals surface area contributed by atoms with Crippen molar-refractivity contribution in [2.45, 2.75) is 141 Å². The van der Waals surface area contributed by atoms with Crippen molar-refractivity contribution < 1.29 is 4.74 Å². The third-order valence-electron chi connectivity index (χ3n) is 11.5. The maximum atomic E-state index is 6.37. The molecule has 7 rings (SSSR count). The van der Waals surface area contributed by atoms with Crippen molar-refractivity contribution in [2.24, 2.45) is 23.2 Å². The van der Waals surface area contributed by atoms with Gasteiger partial charge in [-0.05, 0) is 124 Å². The zero-order valence-corrected chi connectivity index (χ0v) is 23.6. The number of likely N-dealkylation sites (tertiary alicyclic amines) is 1. The summed E-state index contributed by atoms with van der Waals surface area (Å²) in [5.74, 6) is 2.71. The minimum absolute atomic E-state index is 0.257. The molecule has 3 aliphatic carbocycles. The van der Waals surface area contributed by atoms with Crippen LogP contribution in [0.4, 0.5) is 0 Å². The van der Waals surface area contributed by atoms with Crippen LogP contribution in [0.5, 0.6) is 0 Å². The first-order valence-corrected chi connectivity index (χ1v) is 14.7. The third kappa shape index (κ3) is 3.75. The van der Waals surface area contributed by atoms with E-state index in [4.69, 9.17) is 4.74 Å². The van der Waals surface area contributed by atoms with Crippen molar-refractivity contribution in [3.63, 3.8) is 0 Å². The molecule has 0 radical (unpaired) electrons. The Morgan fingerprint density at radius 2 is 1.50 bits per heavy atom. The number of piperidine rings is 1. The molecular weight excluding hydrogens is 418 g/mol. The molecule has 4 bridgehead atoms. The fourth-order valence-electron chi connectivity index (χ4n) is 10.1. The van der Waals surface area contributed by atoms with Crippen molar-refractivity contribution in [1.82, 2.24) is 14.7 Å². The van der Waals surface area contributed by atoms with Gasteiger partial charge in [-0.3, -0.25) is 14.7 Å². The molecule has 34 heavy (non-hydrogen) atoms. The lowest BCUT2D eigenvalue weighted by Crippen LogP contribution is -2.56. The second-order valence-corrected chi connectivity index (χ2v) is 16.1. The van der Waals surface area contributed by atoms with E-state index in [1.165, 1.54) is 58.0 Å². The van der Waals surface area contributed by atoms with E-state index >= 15 is 0 Å². The Morgan fingerprint density at radius 3 is 2.15 bits per heavy atom. The van der Waals surface area contributed by atoms with Gasteiger partial charge in [0.25, 0.3) is 0 Å². The van der Waals surface area contributed by atoms with E-state index in [0.29, 0.717) is 28.6 Å². The maximum Gasteiger partial charge on any atom is 0.0734 e. The molecule has 0 N–H and O–H groups in total. The molecule has 0 aromatic carbocycles. The van der Waals surface area contributed by atoms with Gasteiger partial charge in [0, 0.05) is 54.4 Å². The monoisotopic (exact) mass is 471 g/mol. The summed E-state index contributed by atoms with van der Waals surface area (Å²) in [5, 5.41) is 0. The molecule has 6 atom stereocenters. The first-order chi connectivity index (χ1) is 15.8. The van der Waals surface area contributed by atoms with Gasteiger partial charge >= 0.3 is 0 Å². The van der Waals surface area contributed by atoms with Crippen molar-refractivity contribution in [3.8, 4) is 0 Å². The van der Waals surface area contributed by atoms with E-state index in [2.05, 4.69) is 70.1 Å². The second kappa shape index (κ2) is 7.68. The molecule has 4 heteroatoms. The Hall–Kier alpha value is -0.160. The van der Waals surface area contributed by atoms with Gasteiger partial charge in [-0.2, -0.15) is 0 Å². The molecule has 7 fully saturated rings. The molecule has 0 aromatic heterocycles. The van der Waals surface area contributed by atoms with Crippen LogP contribution in [0.2, 0.25) is 0 Å². The molecular formula is C30H53N3O. The van der Waals surface area contributed by atoms with Crippen molar-refractivity contribution >= 4 is 0 Å². The van der Waals surface area contributed by atoms with Crippen molar-refractivity contribution in [1.29, 1.82) is 0 Å². The Morgan fingerprint density at radius 1 is 0.794 bits per heavy atom. The summed E-state index contributed by atoms with van der Waals surface area (Å²) in [6.07, 6.45) is 10.4. The molecule has 0 aromatic rings. The van der Waals surface area contributed by atoms with Crippen molar-refractivity contribution in [3.05, 3.63) is 0 Å². The predicted molar refractivity (Wildman–Crippen MR) is 140 cm³/mol. The smallest absolute Gasteiger partial charge is 0.0734 e. The predicted octanol–water partition coefficient (Wildman–Crippen LogP) is 5.41. The molecule has 6 unspecified atom stereocenters. The van der Waals surface area contributed by atoms with Crippen LogP contribution in [-0.4, -0.2) is 81.8 Å². The quantitative estimate of drug-likeness (QED) is 0.546. The molecule has 4 saturated heterocycles. The fraction of sp³-hybridized carbons (Fsp3) is 1.00. The van der Waals surface area contributed by atoms with Crippen LogP contribution in [0.1, 0.15) is 100 Å². The van der Waals surface area contributed by atoms with Crippen molar-refractivity contribution in [2.75, 3.05) is 26.2 Å². The Labute approximate surface area is 210 Å². The summed E-state index contributed by atoms with van der Waals surface area (Å²) >= 11 is 0. The van der Waals surface area contributed by atoms with Crippen LogP contribution in [0, 0.1) is 23.2 Å². The highest BCUT2D eigenvalue weighted by molar-refractivity contribution is 5.17. The Balaban J connectivity index is 1.12. The summed E-state index contributed by atoms with van der Waals surface area (Å²) < 4.78 is 6.37. The highest BCUT2D eigenvalue weighted by Gasteiger charge is 2.64.